The van der Waals surface area contributed by atoms with Gasteiger partial charge in [-0.25, -0.2) is 4.98 Å². The topological polar surface area (TPSA) is 80.3 Å². The predicted octanol–water partition coefficient (Wildman–Crippen LogP) is 5.28. The van der Waals surface area contributed by atoms with Gasteiger partial charge in [0, 0.05) is 22.7 Å². The minimum absolute atomic E-state index is 0.0116. The summed E-state index contributed by atoms with van der Waals surface area (Å²) in [6.07, 6.45) is -1.57. The maximum absolute atomic E-state index is 12.3. The van der Waals surface area contributed by atoms with Gasteiger partial charge in [0.2, 0.25) is 5.91 Å². The number of amides is 2. The molecule has 6 nitrogen and oxygen atoms in total. The van der Waals surface area contributed by atoms with Crippen molar-refractivity contribution in [2.24, 2.45) is 0 Å². The third-order valence-electron chi connectivity index (χ3n) is 4.57. The number of aryl methyl sites for hydroxylation is 2. The number of rotatable bonds is 8. The fraction of sp³-hybridized carbons (Fsp3) is 0.208. The van der Waals surface area contributed by atoms with Crippen LogP contribution in [0.3, 0.4) is 0 Å². The van der Waals surface area contributed by atoms with Gasteiger partial charge in [0.15, 0.2) is 0 Å². The number of nitrogens with zero attached hydrogens (tertiary/aromatic N) is 1. The Hall–Kier alpha value is -3.66. The van der Waals surface area contributed by atoms with Crippen LogP contribution in [0.15, 0.2) is 53.9 Å². The number of ether oxygens (including phenoxy) is 1. The van der Waals surface area contributed by atoms with Gasteiger partial charge >= 0.3 is 6.18 Å². The molecule has 0 fully saturated rings. The molecule has 2 amide bonds. The molecule has 0 saturated heterocycles. The van der Waals surface area contributed by atoms with Crippen LogP contribution in [0.25, 0.3) is 6.08 Å². The van der Waals surface area contributed by atoms with E-state index in [0.717, 1.165) is 16.3 Å². The average Bonchev–Trinajstić information content (AvgIpc) is 3.21. The van der Waals surface area contributed by atoms with Crippen molar-refractivity contribution in [1.29, 1.82) is 0 Å². The fourth-order valence-corrected chi connectivity index (χ4v) is 3.43. The van der Waals surface area contributed by atoms with Gasteiger partial charge in [-0.1, -0.05) is 18.2 Å². The summed E-state index contributed by atoms with van der Waals surface area (Å²) >= 11 is 1.56. The van der Waals surface area contributed by atoms with Gasteiger partial charge in [0.05, 0.1) is 10.7 Å². The van der Waals surface area contributed by atoms with Gasteiger partial charge in [0.25, 0.3) is 5.91 Å². The molecule has 0 unspecified atom stereocenters. The van der Waals surface area contributed by atoms with Crippen LogP contribution in [0, 0.1) is 13.8 Å². The second-order valence-corrected chi connectivity index (χ2v) is 8.43. The molecule has 0 radical (unpaired) electrons. The lowest BCUT2D eigenvalue weighted by Gasteiger charge is -2.11. The molecule has 2 N–H and O–H groups in total. The Kier molecular flexibility index (Phi) is 8.06. The van der Waals surface area contributed by atoms with Crippen molar-refractivity contribution in [2.45, 2.75) is 26.6 Å². The van der Waals surface area contributed by atoms with Gasteiger partial charge in [-0.2, -0.15) is 13.2 Å². The lowest BCUT2D eigenvalue weighted by Crippen LogP contribution is -2.33. The van der Waals surface area contributed by atoms with E-state index in [2.05, 4.69) is 10.3 Å². The quantitative estimate of drug-likeness (QED) is 0.422. The van der Waals surface area contributed by atoms with E-state index in [4.69, 9.17) is 4.74 Å². The van der Waals surface area contributed by atoms with Crippen LogP contribution in [0.1, 0.15) is 32.2 Å². The zero-order chi connectivity index (χ0) is 24.7. The number of alkyl halides is 3. The highest BCUT2D eigenvalue weighted by Gasteiger charge is 2.28. The van der Waals surface area contributed by atoms with E-state index >= 15 is 0 Å². The lowest BCUT2D eigenvalue weighted by molar-refractivity contribution is -0.123. The van der Waals surface area contributed by atoms with E-state index in [1.165, 1.54) is 18.2 Å². The second kappa shape index (κ2) is 11.0. The summed E-state index contributed by atoms with van der Waals surface area (Å²) in [5.41, 5.74) is 2.63. The monoisotopic (exact) mass is 489 g/mol. The molecule has 2 aromatic carbocycles. The summed E-state index contributed by atoms with van der Waals surface area (Å²) in [5, 5.41) is 7.36. The van der Waals surface area contributed by atoms with Crippen LogP contribution < -0.4 is 15.4 Å². The van der Waals surface area contributed by atoms with Crippen LogP contribution in [-0.2, 0) is 11.4 Å². The first-order chi connectivity index (χ1) is 16.1. The van der Waals surface area contributed by atoms with Crippen molar-refractivity contribution in [2.75, 3.05) is 11.9 Å². The Morgan fingerprint density at radius 3 is 2.50 bits per heavy atom. The molecule has 3 rings (SSSR count). The molecule has 3 aromatic rings. The first-order valence-electron chi connectivity index (χ1n) is 10.2. The Morgan fingerprint density at radius 1 is 1.12 bits per heavy atom. The largest absolute Gasteiger partial charge is 0.487 e. The minimum atomic E-state index is -4.51. The van der Waals surface area contributed by atoms with Crippen molar-refractivity contribution >= 4 is 34.9 Å². The molecule has 0 spiro atoms. The summed E-state index contributed by atoms with van der Waals surface area (Å²) in [5.74, 6) is -0.658. The number of carbonyl (C=O) groups excluding carboxylic acids is 2. The Morgan fingerprint density at radius 2 is 1.85 bits per heavy atom. The molecule has 34 heavy (non-hydrogen) atoms. The number of hydrogen-bond donors (Lipinski definition) is 2. The van der Waals surface area contributed by atoms with E-state index in [1.54, 1.807) is 60.0 Å². The summed E-state index contributed by atoms with van der Waals surface area (Å²) in [4.78, 5) is 28.6. The third-order valence-corrected chi connectivity index (χ3v) is 5.39. The predicted molar refractivity (Wildman–Crippen MR) is 125 cm³/mol. The van der Waals surface area contributed by atoms with Gasteiger partial charge in [-0.3, -0.25) is 9.59 Å². The van der Waals surface area contributed by atoms with Crippen molar-refractivity contribution in [1.82, 2.24) is 10.3 Å². The van der Waals surface area contributed by atoms with Crippen LogP contribution in [0.5, 0.6) is 5.75 Å². The number of carbonyl (C=O) groups is 2. The Balaban J connectivity index is 1.56. The van der Waals surface area contributed by atoms with E-state index in [9.17, 15) is 22.8 Å². The Bertz CT molecular complexity index is 1190. The maximum atomic E-state index is 12.3. The first-order valence-corrected chi connectivity index (χ1v) is 11.1. The summed E-state index contributed by atoms with van der Waals surface area (Å²) < 4.78 is 42.6. The maximum Gasteiger partial charge on any atom is 0.405 e. The molecule has 0 aliphatic carbocycles. The molecule has 0 atom stereocenters. The van der Waals surface area contributed by atoms with Gasteiger partial charge in [0.1, 0.15) is 18.9 Å². The third kappa shape index (κ3) is 7.73. The van der Waals surface area contributed by atoms with Crippen LogP contribution in [0.2, 0.25) is 0 Å². The number of nitrogens with one attached hydrogen (secondary N) is 2. The van der Waals surface area contributed by atoms with Crippen LogP contribution in [0.4, 0.5) is 18.9 Å². The molecule has 0 bridgehead atoms. The molecule has 178 valence electrons. The first kappa shape index (κ1) is 25.0. The highest BCUT2D eigenvalue weighted by Crippen LogP contribution is 2.19. The van der Waals surface area contributed by atoms with Gasteiger partial charge in [-0.15, -0.1) is 11.3 Å². The fourth-order valence-electron chi connectivity index (χ4n) is 2.83. The van der Waals surface area contributed by atoms with Crippen molar-refractivity contribution < 1.29 is 27.5 Å². The molecular weight excluding hydrogens is 467 g/mol. The number of anilines is 1. The minimum Gasteiger partial charge on any atom is -0.487 e. The smallest absolute Gasteiger partial charge is 0.405 e. The summed E-state index contributed by atoms with van der Waals surface area (Å²) in [6.45, 7) is 2.58. The highest BCUT2D eigenvalue weighted by molar-refractivity contribution is 7.09. The number of hydrogen-bond acceptors (Lipinski definition) is 5. The molecular formula is C24H22F3N3O3S. The SMILES string of the molecule is Cc1nc(COc2ccc(/C=C/C(=O)Nc3cc(C(=O)NCC(F)(F)F)ccc3C)cc2)cs1. The van der Waals surface area contributed by atoms with Gasteiger partial charge < -0.3 is 15.4 Å². The molecule has 0 aliphatic rings. The van der Waals surface area contributed by atoms with Crippen molar-refractivity contribution in [3.05, 3.63) is 81.3 Å². The molecule has 0 saturated carbocycles. The standard InChI is InChI=1S/C24H22F3N3O3S/c1-15-3-7-18(23(32)28-14-24(25,26)27)11-21(15)30-22(31)10-6-17-4-8-20(9-5-17)33-12-19-13-34-16(2)29-19/h3-11,13H,12,14H2,1-2H3,(H,28,32)(H,30,31)/b10-6+. The second-order valence-electron chi connectivity index (χ2n) is 7.37. The molecule has 1 heterocycles. The zero-order valence-electron chi connectivity index (χ0n) is 18.4. The number of halogens is 3. The van der Waals surface area contributed by atoms with Crippen LogP contribution in [-0.4, -0.2) is 29.5 Å². The number of thiazole rings is 1. The lowest BCUT2D eigenvalue weighted by atomic mass is 10.1. The number of aromatic nitrogens is 1. The normalized spacial score (nSPS) is 11.4. The van der Waals surface area contributed by atoms with E-state index in [-0.39, 0.29) is 5.56 Å². The molecule has 10 heteroatoms. The summed E-state index contributed by atoms with van der Waals surface area (Å²) in [7, 11) is 0. The summed E-state index contributed by atoms with van der Waals surface area (Å²) in [6, 6.07) is 11.4. The van der Waals surface area contributed by atoms with Gasteiger partial charge in [-0.05, 0) is 55.3 Å². The van der Waals surface area contributed by atoms with Crippen LogP contribution >= 0.6 is 11.3 Å². The van der Waals surface area contributed by atoms with E-state index in [1.807, 2.05) is 12.3 Å². The highest BCUT2D eigenvalue weighted by atomic mass is 32.1. The average molecular weight is 490 g/mol. The molecule has 0 aliphatic heterocycles. The number of benzene rings is 2. The van der Waals surface area contributed by atoms with Crippen molar-refractivity contribution in [3.63, 3.8) is 0 Å². The molecule has 1 aromatic heterocycles. The Labute approximate surface area is 198 Å². The van der Waals surface area contributed by atoms with E-state index < -0.39 is 24.5 Å². The van der Waals surface area contributed by atoms with E-state index in [0.29, 0.717) is 23.6 Å². The zero-order valence-corrected chi connectivity index (χ0v) is 19.2. The van der Waals surface area contributed by atoms with Crippen molar-refractivity contribution in [3.8, 4) is 5.75 Å².